The maximum absolute atomic E-state index is 10.6. The van der Waals surface area contributed by atoms with Crippen molar-refractivity contribution in [2.24, 2.45) is 5.41 Å². The average Bonchev–Trinajstić information content (AvgIpc) is 1.88. The zero-order valence-corrected chi connectivity index (χ0v) is 8.39. The van der Waals surface area contributed by atoms with Gasteiger partial charge in [0, 0.05) is 5.33 Å². The first-order valence-electron chi connectivity index (χ1n) is 3.45. The highest BCUT2D eigenvalue weighted by Gasteiger charge is 2.24. The number of hydrogen-bond acceptors (Lipinski definition) is 1. The maximum atomic E-state index is 10.6. The van der Waals surface area contributed by atoms with E-state index in [4.69, 9.17) is 5.11 Å². The van der Waals surface area contributed by atoms with Crippen molar-refractivity contribution in [2.45, 2.75) is 20.3 Å². The summed E-state index contributed by atoms with van der Waals surface area (Å²) in [4.78, 5) is 10.6. The Labute approximate surface area is 75.4 Å². The Kier molecular flexibility index (Phi) is 4.42. The molecule has 0 aromatic heterocycles. The molecule has 1 N–H and O–H groups in total. The van der Waals surface area contributed by atoms with Gasteiger partial charge in [0.2, 0.25) is 0 Å². The van der Waals surface area contributed by atoms with E-state index in [2.05, 4.69) is 15.9 Å². The van der Waals surface area contributed by atoms with Crippen LogP contribution in [-0.4, -0.2) is 16.4 Å². The molecule has 0 aliphatic carbocycles. The van der Waals surface area contributed by atoms with Crippen molar-refractivity contribution >= 4 is 21.9 Å². The van der Waals surface area contributed by atoms with E-state index in [1.807, 2.05) is 12.2 Å². The van der Waals surface area contributed by atoms with Crippen LogP contribution in [0.1, 0.15) is 20.3 Å². The van der Waals surface area contributed by atoms with Crippen LogP contribution in [0, 0.1) is 5.41 Å². The zero-order chi connectivity index (χ0) is 8.91. The molecule has 0 spiro atoms. The SMILES string of the molecule is CC(C)(CC=CCBr)C(=O)O. The summed E-state index contributed by atoms with van der Waals surface area (Å²) in [6, 6.07) is 0. The van der Waals surface area contributed by atoms with Crippen molar-refractivity contribution in [1.82, 2.24) is 0 Å². The van der Waals surface area contributed by atoms with Crippen LogP contribution in [0.15, 0.2) is 12.2 Å². The summed E-state index contributed by atoms with van der Waals surface area (Å²) in [5.74, 6) is -0.753. The molecule has 0 rings (SSSR count). The molecular weight excluding hydrogens is 208 g/mol. The quantitative estimate of drug-likeness (QED) is 0.584. The molecule has 0 aromatic carbocycles. The van der Waals surface area contributed by atoms with Gasteiger partial charge in [0.1, 0.15) is 0 Å². The third-order valence-electron chi connectivity index (χ3n) is 1.46. The lowest BCUT2D eigenvalue weighted by Crippen LogP contribution is -2.22. The fourth-order valence-electron chi connectivity index (χ4n) is 0.528. The van der Waals surface area contributed by atoms with Gasteiger partial charge in [0.05, 0.1) is 5.41 Å². The molecule has 0 saturated carbocycles. The molecule has 0 unspecified atom stereocenters. The molecule has 2 nitrogen and oxygen atoms in total. The summed E-state index contributed by atoms with van der Waals surface area (Å²) in [5, 5.41) is 9.48. The fraction of sp³-hybridized carbons (Fsp3) is 0.625. The Hall–Kier alpha value is -0.310. The normalized spacial score (nSPS) is 12.3. The number of carboxylic acid groups (broad SMARTS) is 1. The first-order valence-corrected chi connectivity index (χ1v) is 4.57. The van der Waals surface area contributed by atoms with Crippen LogP contribution in [-0.2, 0) is 4.79 Å². The van der Waals surface area contributed by atoms with Crippen LogP contribution in [0.3, 0.4) is 0 Å². The van der Waals surface area contributed by atoms with Gasteiger partial charge in [-0.25, -0.2) is 0 Å². The van der Waals surface area contributed by atoms with E-state index in [9.17, 15) is 4.79 Å². The summed E-state index contributed by atoms with van der Waals surface area (Å²) in [5.41, 5.74) is -0.640. The number of carbonyl (C=O) groups is 1. The molecule has 0 saturated heterocycles. The lowest BCUT2D eigenvalue weighted by Gasteiger charge is -2.15. The second-order valence-corrected chi connectivity index (χ2v) is 3.67. The number of aliphatic carboxylic acids is 1. The van der Waals surface area contributed by atoms with Gasteiger partial charge in [0.25, 0.3) is 0 Å². The molecule has 64 valence electrons. The van der Waals surface area contributed by atoms with E-state index in [0.29, 0.717) is 6.42 Å². The van der Waals surface area contributed by atoms with Gasteiger partial charge in [-0.3, -0.25) is 4.79 Å². The van der Waals surface area contributed by atoms with Crippen LogP contribution < -0.4 is 0 Å². The van der Waals surface area contributed by atoms with E-state index < -0.39 is 11.4 Å². The van der Waals surface area contributed by atoms with Crippen LogP contribution in [0.5, 0.6) is 0 Å². The van der Waals surface area contributed by atoms with Gasteiger partial charge in [0.15, 0.2) is 0 Å². The summed E-state index contributed by atoms with van der Waals surface area (Å²) < 4.78 is 0. The molecule has 0 heterocycles. The monoisotopic (exact) mass is 220 g/mol. The summed E-state index contributed by atoms with van der Waals surface area (Å²) >= 11 is 3.22. The summed E-state index contributed by atoms with van der Waals surface area (Å²) in [7, 11) is 0. The highest BCUT2D eigenvalue weighted by molar-refractivity contribution is 9.09. The molecule has 0 amide bonds. The Morgan fingerprint density at radius 2 is 2.09 bits per heavy atom. The molecule has 11 heavy (non-hydrogen) atoms. The maximum Gasteiger partial charge on any atom is 0.309 e. The van der Waals surface area contributed by atoms with Gasteiger partial charge < -0.3 is 5.11 Å². The van der Waals surface area contributed by atoms with E-state index >= 15 is 0 Å². The first-order chi connectivity index (χ1) is 5.00. The number of allylic oxidation sites excluding steroid dienone is 2. The zero-order valence-electron chi connectivity index (χ0n) is 6.80. The van der Waals surface area contributed by atoms with Crippen LogP contribution in [0.2, 0.25) is 0 Å². The Bertz CT molecular complexity index is 161. The molecule has 0 atom stereocenters. The molecule has 0 aromatic rings. The largest absolute Gasteiger partial charge is 0.481 e. The van der Waals surface area contributed by atoms with Gasteiger partial charge in [-0.15, -0.1) is 0 Å². The third-order valence-corrected chi connectivity index (χ3v) is 1.84. The smallest absolute Gasteiger partial charge is 0.309 e. The number of carboxylic acids is 1. The van der Waals surface area contributed by atoms with Crippen molar-refractivity contribution in [1.29, 1.82) is 0 Å². The minimum absolute atomic E-state index is 0.577. The topological polar surface area (TPSA) is 37.3 Å². The summed E-state index contributed by atoms with van der Waals surface area (Å²) in [6.07, 6.45) is 4.36. The predicted octanol–water partition coefficient (Wildman–Crippen LogP) is 2.44. The average molecular weight is 221 g/mol. The number of rotatable bonds is 4. The summed E-state index contributed by atoms with van der Waals surface area (Å²) in [6.45, 7) is 3.43. The lowest BCUT2D eigenvalue weighted by molar-refractivity contribution is -0.146. The van der Waals surface area contributed by atoms with Crippen molar-refractivity contribution in [3.8, 4) is 0 Å². The standard InChI is InChI=1S/C8H13BrO2/c1-8(2,7(10)11)5-3-4-6-9/h3-4H,5-6H2,1-2H3,(H,10,11). The van der Waals surface area contributed by atoms with E-state index in [1.54, 1.807) is 13.8 Å². The second-order valence-electron chi connectivity index (χ2n) is 3.02. The van der Waals surface area contributed by atoms with Gasteiger partial charge in [-0.05, 0) is 20.3 Å². The predicted molar refractivity (Wildman–Crippen MR) is 49.0 cm³/mol. The molecule has 0 fully saturated rings. The van der Waals surface area contributed by atoms with Crippen molar-refractivity contribution in [3.05, 3.63) is 12.2 Å². The lowest BCUT2D eigenvalue weighted by atomic mass is 9.89. The van der Waals surface area contributed by atoms with Crippen molar-refractivity contribution in [3.63, 3.8) is 0 Å². The van der Waals surface area contributed by atoms with Gasteiger partial charge in [-0.1, -0.05) is 28.1 Å². The molecule has 0 aliphatic heterocycles. The first kappa shape index (κ1) is 10.7. The fourth-order valence-corrected chi connectivity index (χ4v) is 0.793. The molecule has 0 aliphatic rings. The number of alkyl halides is 1. The van der Waals surface area contributed by atoms with E-state index in [1.165, 1.54) is 0 Å². The number of hydrogen-bond donors (Lipinski definition) is 1. The minimum atomic E-state index is -0.753. The van der Waals surface area contributed by atoms with E-state index in [-0.39, 0.29) is 0 Å². The van der Waals surface area contributed by atoms with E-state index in [0.717, 1.165) is 5.33 Å². The Morgan fingerprint density at radius 1 is 1.55 bits per heavy atom. The van der Waals surface area contributed by atoms with Gasteiger partial charge in [-0.2, -0.15) is 0 Å². The van der Waals surface area contributed by atoms with Crippen molar-refractivity contribution < 1.29 is 9.90 Å². The molecule has 0 radical (unpaired) electrons. The van der Waals surface area contributed by atoms with Crippen LogP contribution in [0.25, 0.3) is 0 Å². The van der Waals surface area contributed by atoms with Crippen LogP contribution in [0.4, 0.5) is 0 Å². The third kappa shape index (κ3) is 4.19. The number of halogens is 1. The minimum Gasteiger partial charge on any atom is -0.481 e. The van der Waals surface area contributed by atoms with Gasteiger partial charge >= 0.3 is 5.97 Å². The molecular formula is C8H13BrO2. The highest BCUT2D eigenvalue weighted by Crippen LogP contribution is 2.20. The highest BCUT2D eigenvalue weighted by atomic mass is 79.9. The second kappa shape index (κ2) is 4.54. The van der Waals surface area contributed by atoms with Crippen molar-refractivity contribution in [2.75, 3.05) is 5.33 Å². The Morgan fingerprint density at radius 3 is 2.45 bits per heavy atom. The molecule has 3 heteroatoms. The Balaban J connectivity index is 3.92. The molecule has 0 bridgehead atoms. The van der Waals surface area contributed by atoms with Crippen LogP contribution >= 0.6 is 15.9 Å².